The number of benzene rings is 1. The van der Waals surface area contributed by atoms with Crippen LogP contribution in [0.5, 0.6) is 11.6 Å². The lowest BCUT2D eigenvalue weighted by Gasteiger charge is -2.26. The molecule has 4 rings (SSSR count). The molecule has 1 fully saturated rings. The Hall–Kier alpha value is -3.67. The largest absolute Gasteiger partial charge is 0.437 e. The van der Waals surface area contributed by atoms with Crippen LogP contribution in [0.3, 0.4) is 0 Å². The fraction of sp³-hybridized carbons (Fsp3) is 0.182. The van der Waals surface area contributed by atoms with Crippen molar-refractivity contribution < 1.29 is 14.3 Å². The monoisotopic (exact) mass is 436 g/mol. The van der Waals surface area contributed by atoms with Crippen LogP contribution < -0.4 is 10.3 Å². The van der Waals surface area contributed by atoms with Crippen LogP contribution in [-0.2, 0) is 9.53 Å². The Balaban J connectivity index is 1.84. The highest BCUT2D eigenvalue weighted by atomic mass is 35.5. The second-order valence-electron chi connectivity index (χ2n) is 6.67. The van der Waals surface area contributed by atoms with E-state index < -0.39 is 11.5 Å². The summed E-state index contributed by atoms with van der Waals surface area (Å²) >= 11 is 6.19. The minimum atomic E-state index is -0.480. The van der Waals surface area contributed by atoms with Crippen molar-refractivity contribution in [1.82, 2.24) is 14.3 Å². The Morgan fingerprint density at radius 2 is 1.94 bits per heavy atom. The van der Waals surface area contributed by atoms with Gasteiger partial charge in [-0.3, -0.25) is 14.0 Å². The van der Waals surface area contributed by atoms with Crippen molar-refractivity contribution in [1.29, 1.82) is 5.26 Å². The van der Waals surface area contributed by atoms with Crippen LogP contribution in [0.4, 0.5) is 0 Å². The normalized spacial score (nSPS) is 14.3. The fourth-order valence-corrected chi connectivity index (χ4v) is 3.31. The van der Waals surface area contributed by atoms with Gasteiger partial charge in [-0.2, -0.15) is 10.2 Å². The molecular weight excluding hydrogens is 420 g/mol. The lowest BCUT2D eigenvalue weighted by Crippen LogP contribution is -2.41. The van der Waals surface area contributed by atoms with Gasteiger partial charge in [-0.15, -0.1) is 0 Å². The molecule has 31 heavy (non-hydrogen) atoms. The minimum absolute atomic E-state index is 0.0261. The molecule has 0 N–H and O–H groups in total. The van der Waals surface area contributed by atoms with E-state index in [1.807, 2.05) is 6.07 Å². The van der Waals surface area contributed by atoms with Crippen molar-refractivity contribution in [2.24, 2.45) is 0 Å². The smallest absolute Gasteiger partial charge is 0.269 e. The molecule has 9 heteroatoms. The van der Waals surface area contributed by atoms with Crippen molar-refractivity contribution in [2.45, 2.75) is 0 Å². The number of rotatable bonds is 4. The summed E-state index contributed by atoms with van der Waals surface area (Å²) in [5.41, 5.74) is -0.345. The maximum atomic E-state index is 13.2. The number of nitriles is 1. The molecule has 3 heterocycles. The van der Waals surface area contributed by atoms with Gasteiger partial charge in [0.15, 0.2) is 0 Å². The number of hydrogen-bond acceptors (Lipinski definition) is 6. The highest BCUT2D eigenvalue weighted by Gasteiger charge is 2.23. The van der Waals surface area contributed by atoms with E-state index in [1.54, 1.807) is 48.7 Å². The van der Waals surface area contributed by atoms with E-state index in [0.717, 1.165) is 0 Å². The van der Waals surface area contributed by atoms with Gasteiger partial charge < -0.3 is 14.4 Å². The molecule has 2 aromatic heterocycles. The molecule has 1 aliphatic heterocycles. The van der Waals surface area contributed by atoms with E-state index in [1.165, 1.54) is 15.4 Å². The average Bonchev–Trinajstić information content (AvgIpc) is 2.81. The molecule has 0 spiro atoms. The quantitative estimate of drug-likeness (QED) is 0.461. The summed E-state index contributed by atoms with van der Waals surface area (Å²) in [7, 11) is 0. The summed E-state index contributed by atoms with van der Waals surface area (Å²) in [6.07, 6.45) is 2.77. The second kappa shape index (κ2) is 9.00. The zero-order valence-corrected chi connectivity index (χ0v) is 17.1. The first-order chi connectivity index (χ1) is 15.1. The molecule has 1 aliphatic rings. The van der Waals surface area contributed by atoms with Crippen LogP contribution in [0.15, 0.2) is 59.0 Å². The van der Waals surface area contributed by atoms with Crippen LogP contribution in [0, 0.1) is 11.3 Å². The Morgan fingerprint density at radius 1 is 1.19 bits per heavy atom. The van der Waals surface area contributed by atoms with Gasteiger partial charge >= 0.3 is 0 Å². The number of morpholine rings is 1. The van der Waals surface area contributed by atoms with E-state index in [4.69, 9.17) is 21.1 Å². The summed E-state index contributed by atoms with van der Waals surface area (Å²) in [6.45, 7) is 1.53. The van der Waals surface area contributed by atoms with E-state index >= 15 is 0 Å². The summed E-state index contributed by atoms with van der Waals surface area (Å²) in [6, 6.07) is 13.7. The first-order valence-electron chi connectivity index (χ1n) is 9.51. The van der Waals surface area contributed by atoms with Crippen LogP contribution >= 0.6 is 11.6 Å². The Labute approximate surface area is 182 Å². The SMILES string of the molecule is N#C/C(=C\c1c(Oc2ccccc2Cl)nc2ccccn2c1=O)C(=O)N1CCOCC1. The number of aromatic nitrogens is 2. The Kier molecular flexibility index (Phi) is 5.98. The molecule has 1 amide bonds. The maximum absolute atomic E-state index is 13.2. The molecular formula is C22H17ClN4O4. The van der Waals surface area contributed by atoms with E-state index in [0.29, 0.717) is 42.7 Å². The lowest BCUT2D eigenvalue weighted by molar-refractivity contribution is -0.130. The minimum Gasteiger partial charge on any atom is -0.437 e. The third-order valence-electron chi connectivity index (χ3n) is 4.72. The second-order valence-corrected chi connectivity index (χ2v) is 7.08. The number of halogens is 1. The van der Waals surface area contributed by atoms with Gasteiger partial charge in [0.1, 0.15) is 28.6 Å². The molecule has 8 nitrogen and oxygen atoms in total. The zero-order valence-electron chi connectivity index (χ0n) is 16.3. The highest BCUT2D eigenvalue weighted by molar-refractivity contribution is 6.32. The highest BCUT2D eigenvalue weighted by Crippen LogP contribution is 2.30. The van der Waals surface area contributed by atoms with Crippen LogP contribution in [-0.4, -0.2) is 46.5 Å². The number of hydrogen-bond donors (Lipinski definition) is 0. The van der Waals surface area contributed by atoms with Crippen molar-refractivity contribution in [3.05, 3.63) is 75.2 Å². The molecule has 156 valence electrons. The van der Waals surface area contributed by atoms with E-state index in [2.05, 4.69) is 4.98 Å². The topological polar surface area (TPSA) is 96.9 Å². The van der Waals surface area contributed by atoms with Gasteiger partial charge in [0, 0.05) is 19.3 Å². The van der Waals surface area contributed by atoms with Gasteiger partial charge in [0.25, 0.3) is 11.5 Å². The van der Waals surface area contributed by atoms with Crippen molar-refractivity contribution in [3.63, 3.8) is 0 Å². The standard InChI is InChI=1S/C22H17ClN4O4/c23-17-5-1-2-6-18(17)31-20-16(22(29)27-8-4-3-7-19(27)25-20)13-15(14-24)21(28)26-9-11-30-12-10-26/h1-8,13H,9-12H2/b15-13+. The van der Waals surface area contributed by atoms with Crippen LogP contribution in [0.2, 0.25) is 5.02 Å². The summed E-state index contributed by atoms with van der Waals surface area (Å²) in [5.74, 6) is -0.233. The van der Waals surface area contributed by atoms with Crippen molar-refractivity contribution >= 4 is 29.2 Å². The van der Waals surface area contributed by atoms with Gasteiger partial charge in [0.2, 0.25) is 5.88 Å². The Morgan fingerprint density at radius 3 is 2.68 bits per heavy atom. The number of carbonyl (C=O) groups is 1. The predicted molar refractivity (Wildman–Crippen MR) is 114 cm³/mol. The summed E-state index contributed by atoms with van der Waals surface area (Å²) < 4.78 is 12.4. The maximum Gasteiger partial charge on any atom is 0.269 e. The van der Waals surface area contributed by atoms with E-state index in [-0.39, 0.29) is 17.0 Å². The molecule has 0 atom stereocenters. The number of ether oxygens (including phenoxy) is 2. The third-order valence-corrected chi connectivity index (χ3v) is 5.03. The Bertz CT molecular complexity index is 1270. The average molecular weight is 437 g/mol. The molecule has 3 aromatic rings. The fourth-order valence-electron chi connectivity index (χ4n) is 3.14. The van der Waals surface area contributed by atoms with Crippen LogP contribution in [0.1, 0.15) is 5.56 Å². The van der Waals surface area contributed by atoms with E-state index in [9.17, 15) is 14.9 Å². The van der Waals surface area contributed by atoms with Gasteiger partial charge in [-0.1, -0.05) is 29.8 Å². The number of carbonyl (C=O) groups excluding carboxylic acids is 1. The number of amides is 1. The molecule has 0 radical (unpaired) electrons. The van der Waals surface area contributed by atoms with Gasteiger partial charge in [0.05, 0.1) is 18.2 Å². The molecule has 0 bridgehead atoms. The predicted octanol–water partition coefficient (Wildman–Crippen LogP) is 2.91. The summed E-state index contributed by atoms with van der Waals surface area (Å²) in [4.78, 5) is 31.9. The third kappa shape index (κ3) is 4.28. The number of nitrogens with zero attached hydrogens (tertiary/aromatic N) is 4. The summed E-state index contributed by atoms with van der Waals surface area (Å²) in [5, 5.41) is 9.96. The molecule has 0 unspecified atom stereocenters. The first kappa shape index (κ1) is 20.6. The van der Waals surface area contributed by atoms with Crippen LogP contribution in [0.25, 0.3) is 11.7 Å². The van der Waals surface area contributed by atoms with Crippen molar-refractivity contribution in [3.8, 4) is 17.7 Å². The molecule has 0 aliphatic carbocycles. The molecule has 0 saturated carbocycles. The molecule has 1 aromatic carbocycles. The first-order valence-corrected chi connectivity index (χ1v) is 9.89. The number of fused-ring (bicyclic) bond motifs is 1. The van der Waals surface area contributed by atoms with Gasteiger partial charge in [-0.25, -0.2) is 0 Å². The van der Waals surface area contributed by atoms with Crippen molar-refractivity contribution in [2.75, 3.05) is 26.3 Å². The van der Waals surface area contributed by atoms with Gasteiger partial charge in [-0.05, 0) is 30.3 Å². The zero-order chi connectivity index (χ0) is 21.8. The number of pyridine rings is 1. The lowest BCUT2D eigenvalue weighted by atomic mass is 10.1. The number of para-hydroxylation sites is 1. The molecule has 1 saturated heterocycles.